The van der Waals surface area contributed by atoms with Crippen molar-refractivity contribution in [2.24, 2.45) is 0 Å². The van der Waals surface area contributed by atoms with Gasteiger partial charge in [0.25, 0.3) is 0 Å². The predicted molar refractivity (Wildman–Crippen MR) is 55.5 cm³/mol. The molecule has 0 radical (unpaired) electrons. The van der Waals surface area contributed by atoms with Gasteiger partial charge in [-0.2, -0.15) is 0 Å². The van der Waals surface area contributed by atoms with Crippen LogP contribution in [0.3, 0.4) is 0 Å². The van der Waals surface area contributed by atoms with Crippen LogP contribution in [0.4, 0.5) is 5.69 Å². The minimum absolute atomic E-state index is 0.541. The van der Waals surface area contributed by atoms with Crippen LogP contribution in [-0.4, -0.2) is 14.8 Å². The quantitative estimate of drug-likeness (QED) is 0.728. The van der Waals surface area contributed by atoms with Crippen LogP contribution in [-0.2, 0) is 0 Å². The van der Waals surface area contributed by atoms with E-state index in [1.165, 1.54) is 0 Å². The highest BCUT2D eigenvalue weighted by atomic mass is 35.5. The fourth-order valence-electron chi connectivity index (χ4n) is 1.30. The van der Waals surface area contributed by atoms with Crippen LogP contribution in [0.2, 0.25) is 5.02 Å². The second-order valence-corrected chi connectivity index (χ2v) is 3.44. The molecule has 0 amide bonds. The number of anilines is 1. The lowest BCUT2D eigenvalue weighted by molar-refractivity contribution is 1.04. The smallest absolute Gasteiger partial charge is 0.123 e. The van der Waals surface area contributed by atoms with Gasteiger partial charge in [-0.3, -0.25) is 4.57 Å². The first-order valence-corrected chi connectivity index (χ1v) is 4.47. The molecule has 0 aliphatic heterocycles. The molecule has 0 aliphatic rings. The second-order valence-electron chi connectivity index (χ2n) is 3.03. The van der Waals surface area contributed by atoms with E-state index >= 15 is 0 Å². The Morgan fingerprint density at radius 3 is 2.57 bits per heavy atom. The van der Waals surface area contributed by atoms with Crippen LogP contribution in [0.1, 0.15) is 5.56 Å². The SMILES string of the molecule is Cc1cc(N)c(Cl)cc1-n1cnnc1. The molecule has 1 aromatic heterocycles. The Hall–Kier alpha value is -1.55. The zero-order valence-corrected chi connectivity index (χ0v) is 8.36. The van der Waals surface area contributed by atoms with Crippen molar-refractivity contribution in [1.29, 1.82) is 0 Å². The number of rotatable bonds is 1. The first kappa shape index (κ1) is 9.02. The van der Waals surface area contributed by atoms with E-state index in [1.807, 2.05) is 13.0 Å². The molecule has 14 heavy (non-hydrogen) atoms. The molecule has 0 spiro atoms. The summed E-state index contributed by atoms with van der Waals surface area (Å²) in [6.45, 7) is 1.96. The Morgan fingerprint density at radius 1 is 1.29 bits per heavy atom. The minimum Gasteiger partial charge on any atom is -0.398 e. The van der Waals surface area contributed by atoms with Crippen LogP contribution >= 0.6 is 11.6 Å². The van der Waals surface area contributed by atoms with Gasteiger partial charge in [0.05, 0.1) is 16.4 Å². The molecule has 0 saturated heterocycles. The molecule has 0 fully saturated rings. The molecule has 0 unspecified atom stereocenters. The standard InChI is InChI=1S/C9H9ClN4/c1-6-2-8(11)7(10)3-9(6)14-4-12-13-5-14/h2-5H,11H2,1H3. The van der Waals surface area contributed by atoms with Crippen LogP contribution in [0.25, 0.3) is 5.69 Å². The predicted octanol–water partition coefficient (Wildman–Crippen LogP) is 1.81. The molecule has 0 atom stereocenters. The van der Waals surface area contributed by atoms with E-state index in [9.17, 15) is 0 Å². The first-order valence-electron chi connectivity index (χ1n) is 4.09. The van der Waals surface area contributed by atoms with E-state index in [2.05, 4.69) is 10.2 Å². The Balaban J connectivity index is 2.60. The maximum absolute atomic E-state index is 5.92. The average molecular weight is 209 g/mol. The van der Waals surface area contributed by atoms with E-state index in [4.69, 9.17) is 17.3 Å². The van der Waals surface area contributed by atoms with Crippen molar-refractivity contribution < 1.29 is 0 Å². The maximum atomic E-state index is 5.92. The number of benzene rings is 1. The zero-order chi connectivity index (χ0) is 10.1. The van der Waals surface area contributed by atoms with E-state index in [0.717, 1.165) is 11.3 Å². The third kappa shape index (κ3) is 1.44. The summed E-state index contributed by atoms with van der Waals surface area (Å²) in [4.78, 5) is 0. The van der Waals surface area contributed by atoms with Gasteiger partial charge in [0.1, 0.15) is 12.7 Å². The molecule has 4 nitrogen and oxygen atoms in total. The van der Waals surface area contributed by atoms with Gasteiger partial charge in [-0.25, -0.2) is 0 Å². The number of nitrogens with two attached hydrogens (primary N) is 1. The summed E-state index contributed by atoms with van der Waals surface area (Å²) in [6, 6.07) is 3.63. The van der Waals surface area contributed by atoms with Crippen molar-refractivity contribution in [3.05, 3.63) is 35.4 Å². The molecule has 2 rings (SSSR count). The van der Waals surface area contributed by atoms with Crippen molar-refractivity contribution in [2.45, 2.75) is 6.92 Å². The fraction of sp³-hybridized carbons (Fsp3) is 0.111. The summed E-state index contributed by atoms with van der Waals surface area (Å²) in [5.74, 6) is 0. The number of aromatic nitrogens is 3. The molecule has 1 aromatic carbocycles. The van der Waals surface area contributed by atoms with Gasteiger partial charge in [-0.1, -0.05) is 11.6 Å². The van der Waals surface area contributed by atoms with Crippen molar-refractivity contribution in [3.63, 3.8) is 0 Å². The lowest BCUT2D eigenvalue weighted by Gasteiger charge is -2.08. The first-order chi connectivity index (χ1) is 6.68. The highest BCUT2D eigenvalue weighted by molar-refractivity contribution is 6.33. The highest BCUT2D eigenvalue weighted by Crippen LogP contribution is 2.25. The molecule has 72 valence electrons. The molecule has 2 N–H and O–H groups in total. The minimum atomic E-state index is 0.541. The molecular formula is C9H9ClN4. The van der Waals surface area contributed by atoms with Crippen molar-refractivity contribution in [2.75, 3.05) is 5.73 Å². The monoisotopic (exact) mass is 208 g/mol. The number of nitrogen functional groups attached to an aromatic ring is 1. The summed E-state index contributed by atoms with van der Waals surface area (Å²) in [5, 5.41) is 8.00. The zero-order valence-electron chi connectivity index (χ0n) is 7.61. The second kappa shape index (κ2) is 3.31. The van der Waals surface area contributed by atoms with Gasteiger partial charge in [-0.15, -0.1) is 10.2 Å². The number of hydrogen-bond donors (Lipinski definition) is 1. The van der Waals surface area contributed by atoms with Gasteiger partial charge in [0.15, 0.2) is 0 Å². The summed E-state index contributed by atoms with van der Waals surface area (Å²) in [5.41, 5.74) is 8.23. The van der Waals surface area contributed by atoms with Crippen LogP contribution in [0, 0.1) is 6.92 Å². The molecule has 2 aromatic rings. The third-order valence-corrected chi connectivity index (χ3v) is 2.34. The highest BCUT2D eigenvalue weighted by Gasteiger charge is 2.04. The largest absolute Gasteiger partial charge is 0.398 e. The van der Waals surface area contributed by atoms with E-state index < -0.39 is 0 Å². The Labute approximate surface area is 86.3 Å². The fourth-order valence-corrected chi connectivity index (χ4v) is 1.45. The summed E-state index contributed by atoms with van der Waals surface area (Å²) in [6.07, 6.45) is 3.24. The van der Waals surface area contributed by atoms with Gasteiger partial charge in [0, 0.05) is 0 Å². The molecule has 0 bridgehead atoms. The molecular weight excluding hydrogens is 200 g/mol. The Morgan fingerprint density at radius 2 is 1.93 bits per heavy atom. The van der Waals surface area contributed by atoms with Gasteiger partial charge >= 0.3 is 0 Å². The number of nitrogens with zero attached hydrogens (tertiary/aromatic N) is 3. The normalized spacial score (nSPS) is 10.4. The number of hydrogen-bond acceptors (Lipinski definition) is 3. The van der Waals surface area contributed by atoms with Gasteiger partial charge < -0.3 is 5.73 Å². The maximum Gasteiger partial charge on any atom is 0.123 e. The topological polar surface area (TPSA) is 56.7 Å². The van der Waals surface area contributed by atoms with Gasteiger partial charge in [-0.05, 0) is 24.6 Å². The van der Waals surface area contributed by atoms with Crippen molar-refractivity contribution in [3.8, 4) is 5.69 Å². The molecule has 0 aliphatic carbocycles. The summed E-state index contributed by atoms with van der Waals surface area (Å²) >= 11 is 5.92. The average Bonchev–Trinajstić information content (AvgIpc) is 2.64. The van der Waals surface area contributed by atoms with Crippen LogP contribution in [0.15, 0.2) is 24.8 Å². The lowest BCUT2D eigenvalue weighted by atomic mass is 10.2. The summed E-state index contributed by atoms with van der Waals surface area (Å²) < 4.78 is 1.79. The molecule has 1 heterocycles. The van der Waals surface area contributed by atoms with E-state index in [1.54, 1.807) is 23.3 Å². The third-order valence-electron chi connectivity index (χ3n) is 2.01. The van der Waals surface area contributed by atoms with E-state index in [-0.39, 0.29) is 0 Å². The summed E-state index contributed by atoms with van der Waals surface area (Å²) in [7, 11) is 0. The van der Waals surface area contributed by atoms with Crippen molar-refractivity contribution in [1.82, 2.24) is 14.8 Å². The van der Waals surface area contributed by atoms with Crippen molar-refractivity contribution >= 4 is 17.3 Å². The Kier molecular flexibility index (Phi) is 2.13. The van der Waals surface area contributed by atoms with Gasteiger partial charge in [0.2, 0.25) is 0 Å². The van der Waals surface area contributed by atoms with E-state index in [0.29, 0.717) is 10.7 Å². The molecule has 5 heteroatoms. The van der Waals surface area contributed by atoms with Crippen LogP contribution < -0.4 is 5.73 Å². The number of halogens is 1. The lowest BCUT2D eigenvalue weighted by Crippen LogP contribution is -1.96. The number of aryl methyl sites for hydroxylation is 1. The Bertz CT molecular complexity index is 450. The van der Waals surface area contributed by atoms with Crippen LogP contribution in [0.5, 0.6) is 0 Å². The molecule has 0 saturated carbocycles.